The predicted molar refractivity (Wildman–Crippen MR) is 143 cm³/mol. The van der Waals surface area contributed by atoms with E-state index in [1.807, 2.05) is 13.0 Å². The van der Waals surface area contributed by atoms with Crippen LogP contribution in [-0.2, 0) is 17.6 Å². The van der Waals surface area contributed by atoms with Gasteiger partial charge in [-0.25, -0.2) is 9.18 Å². The molecule has 2 aromatic carbocycles. The van der Waals surface area contributed by atoms with Crippen molar-refractivity contribution in [1.29, 1.82) is 0 Å². The third-order valence-electron chi connectivity index (χ3n) is 8.14. The molecule has 1 saturated heterocycles. The minimum absolute atomic E-state index is 0.128. The second-order valence-electron chi connectivity index (χ2n) is 10.4. The summed E-state index contributed by atoms with van der Waals surface area (Å²) in [6, 6.07) is 9.16. The van der Waals surface area contributed by atoms with Crippen molar-refractivity contribution in [3.05, 3.63) is 59.0 Å². The molecule has 1 aromatic heterocycles. The number of aromatic hydroxyl groups is 1. The number of halogens is 1. The molecule has 3 amide bonds. The minimum Gasteiger partial charge on any atom is -0.508 e. The zero-order valence-electron chi connectivity index (χ0n) is 22.4. The lowest BCUT2D eigenvalue weighted by molar-refractivity contribution is -0.133. The molecule has 2 aliphatic heterocycles. The zero-order chi connectivity index (χ0) is 27.2. The van der Waals surface area contributed by atoms with E-state index in [4.69, 9.17) is 4.74 Å². The SMILES string of the molecule is CCN(CC)CCCN1C(=O)N2C(Cc3cccc(O)c3)c3[nH]c4cc(F)c(OC)cc4c3C[C@@]2(C)C1=O. The van der Waals surface area contributed by atoms with E-state index in [-0.39, 0.29) is 23.4 Å². The van der Waals surface area contributed by atoms with Crippen molar-refractivity contribution in [2.24, 2.45) is 0 Å². The highest BCUT2D eigenvalue weighted by atomic mass is 19.1. The van der Waals surface area contributed by atoms with E-state index in [1.54, 1.807) is 29.2 Å². The Morgan fingerprint density at radius 3 is 2.66 bits per heavy atom. The highest BCUT2D eigenvalue weighted by Crippen LogP contribution is 2.48. The van der Waals surface area contributed by atoms with Gasteiger partial charge in [-0.2, -0.15) is 0 Å². The van der Waals surface area contributed by atoms with Crippen molar-refractivity contribution < 1.29 is 23.8 Å². The van der Waals surface area contributed by atoms with Crippen molar-refractivity contribution in [3.63, 3.8) is 0 Å². The summed E-state index contributed by atoms with van der Waals surface area (Å²) in [4.78, 5) is 36.5. The molecule has 38 heavy (non-hydrogen) atoms. The maximum absolute atomic E-state index is 14.6. The largest absolute Gasteiger partial charge is 0.508 e. The van der Waals surface area contributed by atoms with Gasteiger partial charge in [0.05, 0.1) is 13.2 Å². The Hall–Kier alpha value is -3.59. The molecule has 2 N–H and O–H groups in total. The van der Waals surface area contributed by atoms with E-state index in [0.29, 0.717) is 31.3 Å². The van der Waals surface area contributed by atoms with Crippen LogP contribution >= 0.6 is 0 Å². The number of rotatable bonds is 9. The molecule has 202 valence electrons. The summed E-state index contributed by atoms with van der Waals surface area (Å²) in [7, 11) is 1.42. The molecule has 0 radical (unpaired) electrons. The zero-order valence-corrected chi connectivity index (χ0v) is 22.4. The Kier molecular flexibility index (Phi) is 6.81. The lowest BCUT2D eigenvalue weighted by Crippen LogP contribution is -2.53. The van der Waals surface area contributed by atoms with Crippen LogP contribution < -0.4 is 4.74 Å². The van der Waals surface area contributed by atoms with Crippen LogP contribution in [0.3, 0.4) is 0 Å². The van der Waals surface area contributed by atoms with Gasteiger partial charge in [-0.15, -0.1) is 0 Å². The molecule has 8 nitrogen and oxygen atoms in total. The number of imide groups is 1. The van der Waals surface area contributed by atoms with Gasteiger partial charge in [0.25, 0.3) is 5.91 Å². The number of hydrogen-bond donors (Lipinski definition) is 2. The minimum atomic E-state index is -1.09. The summed E-state index contributed by atoms with van der Waals surface area (Å²) in [6.45, 7) is 9.02. The molecule has 9 heteroatoms. The number of aromatic nitrogens is 1. The summed E-state index contributed by atoms with van der Waals surface area (Å²) in [5, 5.41) is 10.9. The summed E-state index contributed by atoms with van der Waals surface area (Å²) >= 11 is 0. The van der Waals surface area contributed by atoms with Gasteiger partial charge in [-0.1, -0.05) is 26.0 Å². The van der Waals surface area contributed by atoms with Crippen LogP contribution in [0.1, 0.15) is 50.1 Å². The molecule has 2 atom stereocenters. The van der Waals surface area contributed by atoms with Gasteiger partial charge in [0.2, 0.25) is 0 Å². The van der Waals surface area contributed by atoms with Gasteiger partial charge in [-0.05, 0) is 68.7 Å². The number of H-pyrrole nitrogens is 1. The van der Waals surface area contributed by atoms with E-state index in [9.17, 15) is 19.1 Å². The molecule has 5 rings (SSSR count). The Labute approximate surface area is 222 Å². The number of carbonyl (C=O) groups excluding carboxylic acids is 2. The molecule has 0 bridgehead atoms. The fraction of sp³-hybridized carbons (Fsp3) is 0.448. The standard InChI is InChI=1S/C29H35FN4O4/c1-5-32(6-2)11-8-12-33-27(36)29(3)17-21-20-15-25(38-4)22(30)16-23(20)31-26(21)24(34(29)28(33)37)14-18-9-7-10-19(35)13-18/h7,9-10,13,15-16,24,31,35H,5-6,8,11-12,14,17H2,1-4H3/t24?,29-/m0/s1. The van der Waals surface area contributed by atoms with Gasteiger partial charge >= 0.3 is 6.03 Å². The number of ether oxygens (including phenoxy) is 1. The van der Waals surface area contributed by atoms with Gasteiger partial charge < -0.3 is 24.6 Å². The summed E-state index contributed by atoms with van der Waals surface area (Å²) in [5.41, 5.74) is 1.99. The normalized spacial score (nSPS) is 20.9. The molecule has 0 saturated carbocycles. The molecule has 1 fully saturated rings. The Bertz CT molecular complexity index is 1380. The number of nitrogens with zero attached hydrogens (tertiary/aromatic N) is 3. The fourth-order valence-corrected chi connectivity index (χ4v) is 6.13. The van der Waals surface area contributed by atoms with Gasteiger partial charge in [0.1, 0.15) is 11.3 Å². The van der Waals surface area contributed by atoms with Crippen LogP contribution in [0.15, 0.2) is 36.4 Å². The first-order valence-electron chi connectivity index (χ1n) is 13.2. The first kappa shape index (κ1) is 26.0. The highest BCUT2D eigenvalue weighted by molar-refractivity contribution is 6.08. The van der Waals surface area contributed by atoms with Gasteiger partial charge in [0.15, 0.2) is 11.6 Å². The number of carbonyl (C=O) groups is 2. The van der Waals surface area contributed by atoms with Crippen molar-refractivity contribution in [1.82, 2.24) is 19.7 Å². The number of benzene rings is 2. The average molecular weight is 523 g/mol. The molecular formula is C29H35FN4O4. The van der Waals surface area contributed by atoms with E-state index >= 15 is 0 Å². The Morgan fingerprint density at radius 1 is 1.21 bits per heavy atom. The van der Waals surface area contributed by atoms with Crippen LogP contribution in [0.25, 0.3) is 10.9 Å². The number of nitrogens with one attached hydrogen (secondary N) is 1. The van der Waals surface area contributed by atoms with Crippen molar-refractivity contribution in [2.75, 3.05) is 33.3 Å². The predicted octanol–water partition coefficient (Wildman–Crippen LogP) is 4.62. The number of hydrogen-bond acceptors (Lipinski definition) is 5. The topological polar surface area (TPSA) is 89.1 Å². The first-order valence-corrected chi connectivity index (χ1v) is 13.2. The summed E-state index contributed by atoms with van der Waals surface area (Å²) in [5.74, 6) is -0.437. The third-order valence-corrected chi connectivity index (χ3v) is 8.14. The molecule has 3 heterocycles. The number of methoxy groups -OCH3 is 1. The third kappa shape index (κ3) is 4.18. The second-order valence-corrected chi connectivity index (χ2v) is 10.4. The van der Waals surface area contributed by atoms with Crippen LogP contribution in [0.5, 0.6) is 11.5 Å². The van der Waals surface area contributed by atoms with Crippen molar-refractivity contribution in [2.45, 2.75) is 51.6 Å². The molecular weight excluding hydrogens is 487 g/mol. The maximum atomic E-state index is 14.6. The van der Waals surface area contributed by atoms with Crippen LogP contribution in [0, 0.1) is 5.82 Å². The smallest absolute Gasteiger partial charge is 0.328 e. The lowest BCUT2D eigenvalue weighted by Gasteiger charge is -2.42. The van der Waals surface area contributed by atoms with E-state index < -0.39 is 17.4 Å². The number of aromatic amines is 1. The molecule has 1 unspecified atom stereocenters. The summed E-state index contributed by atoms with van der Waals surface area (Å²) < 4.78 is 19.8. The molecule has 2 aliphatic rings. The number of urea groups is 1. The van der Waals surface area contributed by atoms with Crippen LogP contribution in [0.4, 0.5) is 9.18 Å². The van der Waals surface area contributed by atoms with E-state index in [2.05, 4.69) is 23.7 Å². The Morgan fingerprint density at radius 2 is 1.97 bits per heavy atom. The number of phenols is 1. The number of fused-ring (bicyclic) bond motifs is 4. The van der Waals surface area contributed by atoms with Gasteiger partial charge in [0, 0.05) is 35.6 Å². The average Bonchev–Trinajstić information content (AvgIpc) is 3.32. The second kappa shape index (κ2) is 9.94. The maximum Gasteiger partial charge on any atom is 0.328 e. The monoisotopic (exact) mass is 522 g/mol. The summed E-state index contributed by atoms with van der Waals surface area (Å²) in [6.07, 6.45) is 1.39. The Balaban J connectivity index is 1.57. The fourth-order valence-electron chi connectivity index (χ4n) is 6.13. The van der Waals surface area contributed by atoms with Gasteiger partial charge in [-0.3, -0.25) is 9.69 Å². The highest BCUT2D eigenvalue weighted by Gasteiger charge is 2.59. The lowest BCUT2D eigenvalue weighted by atomic mass is 9.81. The van der Waals surface area contributed by atoms with Crippen LogP contribution in [0.2, 0.25) is 0 Å². The number of amides is 3. The van der Waals surface area contributed by atoms with Crippen molar-refractivity contribution in [3.8, 4) is 11.5 Å². The van der Waals surface area contributed by atoms with Crippen LogP contribution in [-0.4, -0.2) is 75.6 Å². The molecule has 0 spiro atoms. The van der Waals surface area contributed by atoms with E-state index in [1.165, 1.54) is 18.1 Å². The molecule has 3 aromatic rings. The number of phenolic OH excluding ortho intramolecular Hbond substituents is 1. The van der Waals surface area contributed by atoms with Crippen molar-refractivity contribution >= 4 is 22.8 Å². The molecule has 0 aliphatic carbocycles. The quantitative estimate of drug-likeness (QED) is 0.401. The van der Waals surface area contributed by atoms with E-state index in [0.717, 1.165) is 41.8 Å². The first-order chi connectivity index (χ1) is 18.2.